The Balaban J connectivity index is 5.67. The van der Waals surface area contributed by atoms with Crippen LogP contribution in [0.2, 0.25) is 0 Å². The molecule has 104 valence electrons. The van der Waals surface area contributed by atoms with Gasteiger partial charge in [-0.05, 0) is 31.6 Å². The van der Waals surface area contributed by atoms with Crippen LogP contribution < -0.4 is 0 Å². The average molecular weight is 266 g/mol. The average Bonchev–Trinajstić information content (AvgIpc) is 1.96. The molecule has 0 N–H and O–H groups in total. The summed E-state index contributed by atoms with van der Waals surface area (Å²) in [7, 11) is -4.16. The van der Waals surface area contributed by atoms with Crippen molar-refractivity contribution in [1.82, 2.24) is 0 Å². The third kappa shape index (κ3) is 3.12. The zero-order valence-corrected chi connectivity index (χ0v) is 13.3. The standard InChI is InChI=1S/C13H28FO2P/c1-9(2)13(10(3)4,11(5)6)17(14,15)16-12(7)8/h9-12H,1-8H3. The number of hydrogen-bond donors (Lipinski definition) is 0. The SMILES string of the molecule is CC(C)OP(=O)(F)C(C(C)C)(C(C)C)C(C)C. The van der Waals surface area contributed by atoms with Gasteiger partial charge in [-0.3, -0.25) is 4.57 Å². The molecular formula is C13H28FO2P. The van der Waals surface area contributed by atoms with Gasteiger partial charge in [-0.25, -0.2) is 0 Å². The fourth-order valence-electron chi connectivity index (χ4n) is 3.29. The van der Waals surface area contributed by atoms with Gasteiger partial charge < -0.3 is 4.52 Å². The Bertz CT molecular complexity index is 263. The molecule has 1 atom stereocenters. The molecule has 4 heteroatoms. The maximum atomic E-state index is 14.7. The molecule has 0 rings (SSSR count). The monoisotopic (exact) mass is 266 g/mol. The van der Waals surface area contributed by atoms with Crippen LogP contribution in [-0.4, -0.2) is 11.3 Å². The second-order valence-corrected chi connectivity index (χ2v) is 7.93. The van der Waals surface area contributed by atoms with Crippen LogP contribution in [0.15, 0.2) is 0 Å². The fraction of sp³-hybridized carbons (Fsp3) is 1.00. The molecule has 0 aromatic rings. The molecule has 0 aliphatic carbocycles. The quantitative estimate of drug-likeness (QED) is 0.611. The molecule has 0 saturated carbocycles. The van der Waals surface area contributed by atoms with Crippen molar-refractivity contribution in [3.8, 4) is 0 Å². The van der Waals surface area contributed by atoms with Gasteiger partial charge in [0.05, 0.1) is 11.3 Å². The summed E-state index contributed by atoms with van der Waals surface area (Å²) in [5.74, 6) is -0.0914. The summed E-state index contributed by atoms with van der Waals surface area (Å²) in [5, 5.41) is -0.905. The fourth-order valence-corrected chi connectivity index (χ4v) is 5.86. The topological polar surface area (TPSA) is 26.3 Å². The summed E-state index contributed by atoms with van der Waals surface area (Å²) in [4.78, 5) is 0. The minimum atomic E-state index is -4.16. The Morgan fingerprint density at radius 3 is 1.35 bits per heavy atom. The lowest BCUT2D eigenvalue weighted by atomic mass is 9.76. The minimum Gasteiger partial charge on any atom is -0.302 e. The molecule has 0 aliphatic rings. The molecule has 0 saturated heterocycles. The largest absolute Gasteiger partial charge is 0.374 e. The first-order chi connectivity index (χ1) is 7.50. The van der Waals surface area contributed by atoms with E-state index in [0.29, 0.717) is 0 Å². The zero-order valence-electron chi connectivity index (χ0n) is 12.5. The molecule has 0 aromatic carbocycles. The highest BCUT2D eigenvalue weighted by Gasteiger charge is 2.57. The lowest BCUT2D eigenvalue weighted by Crippen LogP contribution is -2.45. The summed E-state index contributed by atoms with van der Waals surface area (Å²) < 4.78 is 32.4. The van der Waals surface area contributed by atoms with Gasteiger partial charge in [-0.1, -0.05) is 41.5 Å². The summed E-state index contributed by atoms with van der Waals surface area (Å²) in [6.45, 7) is 15.0. The van der Waals surface area contributed by atoms with E-state index in [1.807, 2.05) is 41.5 Å². The van der Waals surface area contributed by atoms with Crippen LogP contribution in [0.5, 0.6) is 0 Å². The highest BCUT2D eigenvalue weighted by molar-refractivity contribution is 7.55. The maximum absolute atomic E-state index is 14.7. The summed E-state index contributed by atoms with van der Waals surface area (Å²) >= 11 is 0. The second kappa shape index (κ2) is 5.84. The van der Waals surface area contributed by atoms with E-state index >= 15 is 0 Å². The lowest BCUT2D eigenvalue weighted by molar-refractivity contribution is 0.150. The molecule has 2 nitrogen and oxygen atoms in total. The highest BCUT2D eigenvalue weighted by Crippen LogP contribution is 2.69. The lowest BCUT2D eigenvalue weighted by Gasteiger charge is -2.45. The van der Waals surface area contributed by atoms with Gasteiger partial charge in [0.1, 0.15) is 0 Å². The van der Waals surface area contributed by atoms with E-state index in [4.69, 9.17) is 4.52 Å². The predicted molar refractivity (Wildman–Crippen MR) is 72.2 cm³/mol. The van der Waals surface area contributed by atoms with E-state index in [2.05, 4.69) is 0 Å². The van der Waals surface area contributed by atoms with Gasteiger partial charge in [0.25, 0.3) is 0 Å². The first-order valence-corrected chi connectivity index (χ1v) is 7.99. The van der Waals surface area contributed by atoms with Gasteiger partial charge in [0.2, 0.25) is 0 Å². The summed E-state index contributed by atoms with van der Waals surface area (Å²) in [6.07, 6.45) is -0.360. The predicted octanol–water partition coefficient (Wildman–Crippen LogP) is 5.28. The van der Waals surface area contributed by atoms with E-state index in [9.17, 15) is 8.76 Å². The van der Waals surface area contributed by atoms with Crippen molar-refractivity contribution in [2.24, 2.45) is 17.8 Å². The molecule has 0 aromatic heterocycles. The van der Waals surface area contributed by atoms with E-state index in [1.165, 1.54) is 0 Å². The first kappa shape index (κ1) is 17.1. The Morgan fingerprint density at radius 2 is 1.18 bits per heavy atom. The molecule has 17 heavy (non-hydrogen) atoms. The van der Waals surface area contributed by atoms with E-state index in [0.717, 1.165) is 0 Å². The first-order valence-electron chi connectivity index (χ1n) is 6.48. The van der Waals surface area contributed by atoms with E-state index in [1.54, 1.807) is 13.8 Å². The van der Waals surface area contributed by atoms with Crippen molar-refractivity contribution in [1.29, 1.82) is 0 Å². The van der Waals surface area contributed by atoms with E-state index in [-0.39, 0.29) is 23.9 Å². The van der Waals surface area contributed by atoms with Crippen LogP contribution in [0.1, 0.15) is 55.4 Å². The van der Waals surface area contributed by atoms with Gasteiger partial charge in [0, 0.05) is 0 Å². The molecular weight excluding hydrogens is 238 g/mol. The number of halogens is 1. The van der Waals surface area contributed by atoms with E-state index < -0.39 is 12.8 Å². The summed E-state index contributed by atoms with van der Waals surface area (Å²) in [6, 6.07) is 0. The number of rotatable bonds is 6. The molecule has 0 bridgehead atoms. The van der Waals surface area contributed by atoms with Crippen molar-refractivity contribution >= 4 is 7.68 Å². The smallest absolute Gasteiger partial charge is 0.302 e. The maximum Gasteiger partial charge on any atom is 0.374 e. The van der Waals surface area contributed by atoms with Crippen molar-refractivity contribution in [3.63, 3.8) is 0 Å². The van der Waals surface area contributed by atoms with Gasteiger partial charge in [0.15, 0.2) is 0 Å². The van der Waals surface area contributed by atoms with Crippen molar-refractivity contribution in [2.45, 2.75) is 66.6 Å². The van der Waals surface area contributed by atoms with Gasteiger partial charge in [-0.2, -0.15) is 4.20 Å². The van der Waals surface area contributed by atoms with Gasteiger partial charge in [-0.15, -0.1) is 0 Å². The molecule has 0 aliphatic heterocycles. The van der Waals surface area contributed by atoms with Crippen LogP contribution in [0, 0.1) is 17.8 Å². The minimum absolute atomic E-state index is 0.0305. The molecule has 1 unspecified atom stereocenters. The van der Waals surface area contributed by atoms with Gasteiger partial charge >= 0.3 is 7.68 Å². The third-order valence-corrected chi connectivity index (χ3v) is 6.75. The third-order valence-electron chi connectivity index (χ3n) is 3.58. The van der Waals surface area contributed by atoms with Crippen molar-refractivity contribution < 1.29 is 13.3 Å². The van der Waals surface area contributed by atoms with Crippen LogP contribution >= 0.6 is 7.68 Å². The normalized spacial score (nSPS) is 17.2. The molecule has 0 amide bonds. The Labute approximate surface area is 106 Å². The number of hydrogen-bond acceptors (Lipinski definition) is 2. The summed E-state index contributed by atoms with van der Waals surface area (Å²) in [5.41, 5.74) is 0. The van der Waals surface area contributed by atoms with Crippen LogP contribution in [0.3, 0.4) is 0 Å². The highest BCUT2D eigenvalue weighted by atomic mass is 31.2. The molecule has 0 fully saturated rings. The Hall–Kier alpha value is 0.120. The van der Waals surface area contributed by atoms with Crippen molar-refractivity contribution in [3.05, 3.63) is 0 Å². The molecule has 0 spiro atoms. The van der Waals surface area contributed by atoms with Crippen LogP contribution in [-0.2, 0) is 9.09 Å². The van der Waals surface area contributed by atoms with Crippen LogP contribution in [0.25, 0.3) is 0 Å². The second-order valence-electron chi connectivity index (χ2n) is 5.99. The van der Waals surface area contributed by atoms with Crippen molar-refractivity contribution in [2.75, 3.05) is 0 Å². The Kier molecular flexibility index (Phi) is 5.88. The Morgan fingerprint density at radius 1 is 0.882 bits per heavy atom. The zero-order chi connectivity index (χ0) is 14.0. The molecule has 0 radical (unpaired) electrons. The van der Waals surface area contributed by atoms with Crippen LogP contribution in [0.4, 0.5) is 4.20 Å². The molecule has 0 heterocycles.